The molecule has 3 heterocycles. The van der Waals surface area contributed by atoms with Gasteiger partial charge in [-0.15, -0.1) is 11.3 Å². The fourth-order valence-electron chi connectivity index (χ4n) is 2.77. The van der Waals surface area contributed by atoms with Gasteiger partial charge in [-0.05, 0) is 11.4 Å². The minimum Gasteiger partial charge on any atom is -0.290 e. The lowest BCUT2D eigenvalue weighted by Gasteiger charge is -2.38. The first-order chi connectivity index (χ1) is 9.03. The lowest BCUT2D eigenvalue weighted by molar-refractivity contribution is -0.227. The summed E-state index contributed by atoms with van der Waals surface area (Å²) in [4.78, 5) is 6.67. The maximum absolute atomic E-state index is 13.5. The third-order valence-corrected chi connectivity index (χ3v) is 4.63. The average molecular weight is 289 g/mol. The summed E-state index contributed by atoms with van der Waals surface area (Å²) in [5.41, 5.74) is -1.38. The number of aliphatic imine (C=N–C) groups is 1. The van der Waals surface area contributed by atoms with Crippen LogP contribution in [0.5, 0.6) is 0 Å². The van der Waals surface area contributed by atoms with E-state index < -0.39 is 11.8 Å². The van der Waals surface area contributed by atoms with E-state index in [1.165, 1.54) is 16.2 Å². The Kier molecular flexibility index (Phi) is 3.15. The van der Waals surface area contributed by atoms with Crippen LogP contribution in [0.15, 0.2) is 22.5 Å². The SMILES string of the molecule is FC(F)(F)C12CC(c3cccs3)=NCCN1CCN2. The van der Waals surface area contributed by atoms with Crippen LogP contribution in [0, 0.1) is 0 Å². The first kappa shape index (κ1) is 13.1. The quantitative estimate of drug-likeness (QED) is 0.857. The molecule has 2 aliphatic heterocycles. The molecule has 1 unspecified atom stereocenters. The van der Waals surface area contributed by atoms with E-state index in [1.807, 2.05) is 17.5 Å². The van der Waals surface area contributed by atoms with E-state index in [4.69, 9.17) is 0 Å². The molecule has 0 bridgehead atoms. The summed E-state index contributed by atoms with van der Waals surface area (Å²) in [5.74, 6) is 0. The molecule has 1 N–H and O–H groups in total. The highest BCUT2D eigenvalue weighted by Gasteiger charge is 2.61. The molecule has 0 amide bonds. The predicted molar refractivity (Wildman–Crippen MR) is 68.7 cm³/mol. The van der Waals surface area contributed by atoms with Gasteiger partial charge in [0.05, 0.1) is 12.3 Å². The van der Waals surface area contributed by atoms with E-state index in [1.54, 1.807) is 0 Å². The molecule has 0 aromatic carbocycles. The molecule has 0 radical (unpaired) electrons. The van der Waals surface area contributed by atoms with Gasteiger partial charge in [-0.2, -0.15) is 13.2 Å². The highest BCUT2D eigenvalue weighted by atomic mass is 32.1. The molecule has 3 rings (SSSR count). The largest absolute Gasteiger partial charge is 0.420 e. The second-order valence-electron chi connectivity index (χ2n) is 4.75. The highest BCUT2D eigenvalue weighted by Crippen LogP contribution is 2.40. The molecule has 1 saturated heterocycles. The van der Waals surface area contributed by atoms with Crippen LogP contribution in [-0.4, -0.2) is 48.6 Å². The molecular weight excluding hydrogens is 275 g/mol. The van der Waals surface area contributed by atoms with Gasteiger partial charge in [0.15, 0.2) is 5.66 Å². The second-order valence-corrected chi connectivity index (χ2v) is 5.70. The van der Waals surface area contributed by atoms with E-state index in [2.05, 4.69) is 10.3 Å². The van der Waals surface area contributed by atoms with Crippen molar-refractivity contribution in [3.63, 3.8) is 0 Å². The molecule has 1 fully saturated rings. The average Bonchev–Trinajstić information content (AvgIpc) is 2.95. The van der Waals surface area contributed by atoms with Crippen molar-refractivity contribution in [3.05, 3.63) is 22.4 Å². The molecule has 7 heteroatoms. The Morgan fingerprint density at radius 1 is 1.37 bits per heavy atom. The Hall–Kier alpha value is -0.920. The van der Waals surface area contributed by atoms with Gasteiger partial charge in [0.2, 0.25) is 0 Å². The first-order valence-corrected chi connectivity index (χ1v) is 7.05. The number of hydrogen-bond acceptors (Lipinski definition) is 4. The first-order valence-electron chi connectivity index (χ1n) is 6.17. The van der Waals surface area contributed by atoms with E-state index >= 15 is 0 Å². The van der Waals surface area contributed by atoms with Crippen LogP contribution in [0.2, 0.25) is 0 Å². The fourth-order valence-corrected chi connectivity index (χ4v) is 3.50. The van der Waals surface area contributed by atoms with E-state index in [9.17, 15) is 13.2 Å². The van der Waals surface area contributed by atoms with Gasteiger partial charge in [0, 0.05) is 30.9 Å². The maximum atomic E-state index is 13.5. The Balaban J connectivity index is 1.98. The summed E-state index contributed by atoms with van der Waals surface area (Å²) in [7, 11) is 0. The fraction of sp³-hybridized carbons (Fsp3) is 0.583. The Bertz CT molecular complexity index is 483. The van der Waals surface area contributed by atoms with Crippen LogP contribution < -0.4 is 5.32 Å². The molecule has 0 saturated carbocycles. The predicted octanol–water partition coefficient (Wildman–Crippen LogP) is 2.10. The van der Waals surface area contributed by atoms with Crippen molar-refractivity contribution in [1.29, 1.82) is 0 Å². The summed E-state index contributed by atoms with van der Waals surface area (Å²) in [5, 5.41) is 4.53. The molecule has 0 spiro atoms. The number of nitrogens with zero attached hydrogens (tertiary/aromatic N) is 2. The lowest BCUT2D eigenvalue weighted by Crippen LogP contribution is -2.62. The number of rotatable bonds is 1. The van der Waals surface area contributed by atoms with Gasteiger partial charge >= 0.3 is 6.18 Å². The van der Waals surface area contributed by atoms with Crippen molar-refractivity contribution < 1.29 is 13.2 Å². The number of alkyl halides is 3. The number of nitrogens with one attached hydrogen (secondary N) is 1. The van der Waals surface area contributed by atoms with Gasteiger partial charge in [-0.3, -0.25) is 15.2 Å². The topological polar surface area (TPSA) is 27.6 Å². The Labute approximate surface area is 113 Å². The molecular formula is C12H14F3N3S. The van der Waals surface area contributed by atoms with Crippen LogP contribution in [0.1, 0.15) is 11.3 Å². The number of fused-ring (bicyclic) bond motifs is 1. The monoisotopic (exact) mass is 289 g/mol. The number of thiophene rings is 1. The van der Waals surface area contributed by atoms with Crippen LogP contribution in [-0.2, 0) is 0 Å². The molecule has 3 nitrogen and oxygen atoms in total. The number of halogens is 3. The van der Waals surface area contributed by atoms with Gasteiger partial charge < -0.3 is 0 Å². The zero-order chi connectivity index (χ0) is 13.5. The molecule has 1 aromatic rings. The van der Waals surface area contributed by atoms with Gasteiger partial charge in [0.25, 0.3) is 0 Å². The molecule has 19 heavy (non-hydrogen) atoms. The maximum Gasteiger partial charge on any atom is 0.420 e. The summed E-state index contributed by atoms with van der Waals surface area (Å²) >= 11 is 1.44. The molecule has 0 aliphatic carbocycles. The van der Waals surface area contributed by atoms with Crippen molar-refractivity contribution >= 4 is 17.0 Å². The van der Waals surface area contributed by atoms with Gasteiger partial charge in [-0.1, -0.05) is 6.07 Å². The summed E-state index contributed by atoms with van der Waals surface area (Å²) in [6.07, 6.45) is -4.41. The normalized spacial score (nSPS) is 28.9. The minimum atomic E-state index is -4.30. The third kappa shape index (κ3) is 2.09. The van der Waals surface area contributed by atoms with Crippen LogP contribution >= 0.6 is 11.3 Å². The van der Waals surface area contributed by atoms with Crippen molar-refractivity contribution in [2.45, 2.75) is 18.3 Å². The van der Waals surface area contributed by atoms with E-state index in [0.717, 1.165) is 4.88 Å². The standard InChI is InChI=1S/C12H14F3N3S/c13-12(14,15)11-8-9(10-2-1-7-19-10)16-3-5-18(11)6-4-17-11/h1-2,7,17H,3-6,8H2. The number of hydrogen-bond donors (Lipinski definition) is 1. The summed E-state index contributed by atoms with van der Waals surface area (Å²) < 4.78 is 40.6. The van der Waals surface area contributed by atoms with Gasteiger partial charge in [0.1, 0.15) is 0 Å². The van der Waals surface area contributed by atoms with Crippen molar-refractivity contribution in [1.82, 2.24) is 10.2 Å². The van der Waals surface area contributed by atoms with Crippen LogP contribution in [0.3, 0.4) is 0 Å². The molecule has 2 aliphatic rings. The van der Waals surface area contributed by atoms with Crippen molar-refractivity contribution in [3.8, 4) is 0 Å². The van der Waals surface area contributed by atoms with Crippen molar-refractivity contribution in [2.24, 2.45) is 4.99 Å². The molecule has 1 atom stereocenters. The summed E-state index contributed by atoms with van der Waals surface area (Å²) in [6, 6.07) is 3.67. The zero-order valence-corrected chi connectivity index (χ0v) is 11.0. The highest BCUT2D eigenvalue weighted by molar-refractivity contribution is 7.12. The smallest absolute Gasteiger partial charge is 0.290 e. The third-order valence-electron chi connectivity index (χ3n) is 3.71. The van der Waals surface area contributed by atoms with Crippen LogP contribution in [0.25, 0.3) is 0 Å². The zero-order valence-electron chi connectivity index (χ0n) is 10.2. The molecule has 1 aromatic heterocycles. The minimum absolute atomic E-state index is 0.114. The molecule has 104 valence electrons. The second kappa shape index (κ2) is 4.57. The Morgan fingerprint density at radius 3 is 2.89 bits per heavy atom. The van der Waals surface area contributed by atoms with Crippen molar-refractivity contribution in [2.75, 3.05) is 26.2 Å². The Morgan fingerprint density at radius 2 is 2.21 bits per heavy atom. The van der Waals surface area contributed by atoms with Crippen LogP contribution in [0.4, 0.5) is 13.2 Å². The lowest BCUT2D eigenvalue weighted by atomic mass is 10.0. The van der Waals surface area contributed by atoms with E-state index in [0.29, 0.717) is 31.9 Å². The van der Waals surface area contributed by atoms with Gasteiger partial charge in [-0.25, -0.2) is 0 Å². The summed E-state index contributed by atoms with van der Waals surface area (Å²) in [6.45, 7) is 1.57. The van der Waals surface area contributed by atoms with E-state index in [-0.39, 0.29) is 6.42 Å².